The van der Waals surface area contributed by atoms with Crippen LogP contribution in [0, 0.1) is 0 Å². The van der Waals surface area contributed by atoms with Gasteiger partial charge >= 0.3 is 12.0 Å². The maximum Gasteiger partial charge on any atom is 0.338 e. The molecule has 1 aromatic rings. The van der Waals surface area contributed by atoms with Crippen molar-refractivity contribution in [3.8, 4) is 0 Å². The van der Waals surface area contributed by atoms with Crippen molar-refractivity contribution in [1.82, 2.24) is 15.5 Å². The summed E-state index contributed by atoms with van der Waals surface area (Å²) in [6.45, 7) is 7.63. The van der Waals surface area contributed by atoms with E-state index in [0.29, 0.717) is 27.1 Å². The molecule has 1 aliphatic heterocycles. The second kappa shape index (κ2) is 9.63. The quantitative estimate of drug-likeness (QED) is 0.541. The van der Waals surface area contributed by atoms with Crippen molar-refractivity contribution in [2.24, 2.45) is 0 Å². The predicted molar refractivity (Wildman–Crippen MR) is 105 cm³/mol. The van der Waals surface area contributed by atoms with Crippen molar-refractivity contribution in [3.05, 3.63) is 35.4 Å². The van der Waals surface area contributed by atoms with Crippen molar-refractivity contribution in [2.75, 3.05) is 25.4 Å². The van der Waals surface area contributed by atoms with Crippen LogP contribution in [0.2, 0.25) is 0 Å². The number of ether oxygens (including phenoxy) is 1. The number of hydrogen-bond acceptors (Lipinski definition) is 6. The molecule has 2 heterocycles. The van der Waals surface area contributed by atoms with Gasteiger partial charge in [-0.15, -0.1) is 0 Å². The molecule has 142 valence electrons. The minimum Gasteiger partial charge on any atom is -0.467 e. The molecule has 2 amide bonds. The lowest BCUT2D eigenvalue weighted by Crippen LogP contribution is -2.46. The van der Waals surface area contributed by atoms with Crippen LogP contribution in [0.25, 0.3) is 0 Å². The highest BCUT2D eigenvalue weighted by Gasteiger charge is 2.35. The number of nitrogens with zero attached hydrogens (tertiary/aromatic N) is 1. The maximum absolute atomic E-state index is 12.5. The van der Waals surface area contributed by atoms with Crippen molar-refractivity contribution < 1.29 is 18.7 Å². The SMILES string of the molecule is CCOC(=O)C1=C(CSC(=S)N(CC)CC)NC(=O)N[C@@H]1c1ccco1. The molecule has 1 aliphatic rings. The minimum absolute atomic E-state index is 0.236. The lowest BCUT2D eigenvalue weighted by molar-refractivity contribution is -0.139. The van der Waals surface area contributed by atoms with Gasteiger partial charge in [-0.2, -0.15) is 0 Å². The van der Waals surface area contributed by atoms with Gasteiger partial charge in [0.15, 0.2) is 0 Å². The third-order valence-electron chi connectivity index (χ3n) is 3.84. The van der Waals surface area contributed by atoms with Gasteiger partial charge in [0, 0.05) is 24.5 Å². The Bertz CT molecular complexity index is 684. The molecule has 0 spiro atoms. The first-order valence-electron chi connectivity index (χ1n) is 8.44. The fraction of sp³-hybridized carbons (Fsp3) is 0.471. The molecule has 9 heteroatoms. The van der Waals surface area contributed by atoms with Gasteiger partial charge in [0.2, 0.25) is 0 Å². The zero-order valence-electron chi connectivity index (χ0n) is 15.0. The van der Waals surface area contributed by atoms with E-state index in [-0.39, 0.29) is 6.61 Å². The molecule has 1 atom stereocenters. The summed E-state index contributed by atoms with van der Waals surface area (Å²) in [5, 5.41) is 5.43. The Labute approximate surface area is 162 Å². The summed E-state index contributed by atoms with van der Waals surface area (Å²) >= 11 is 6.84. The van der Waals surface area contributed by atoms with Crippen LogP contribution in [0.1, 0.15) is 32.6 Å². The summed E-state index contributed by atoms with van der Waals surface area (Å²) in [7, 11) is 0. The van der Waals surface area contributed by atoms with Crippen molar-refractivity contribution in [1.29, 1.82) is 0 Å². The summed E-state index contributed by atoms with van der Waals surface area (Å²) in [5.74, 6) is 0.330. The zero-order chi connectivity index (χ0) is 19.1. The van der Waals surface area contributed by atoms with Crippen molar-refractivity contribution in [3.63, 3.8) is 0 Å². The van der Waals surface area contributed by atoms with Crippen LogP contribution in [-0.4, -0.2) is 46.7 Å². The lowest BCUT2D eigenvalue weighted by Gasteiger charge is -2.28. The van der Waals surface area contributed by atoms with E-state index in [0.717, 1.165) is 13.1 Å². The molecular formula is C17H23N3O4S2. The van der Waals surface area contributed by atoms with Gasteiger partial charge in [0.05, 0.1) is 18.4 Å². The van der Waals surface area contributed by atoms with Crippen LogP contribution in [0.3, 0.4) is 0 Å². The summed E-state index contributed by atoms with van der Waals surface area (Å²) in [5.41, 5.74) is 0.810. The first kappa shape index (κ1) is 20.3. The molecule has 2 N–H and O–H groups in total. The number of thiocarbonyl (C=S) groups is 1. The summed E-state index contributed by atoms with van der Waals surface area (Å²) in [6.07, 6.45) is 1.50. The van der Waals surface area contributed by atoms with Gasteiger partial charge in [0.1, 0.15) is 16.1 Å². The van der Waals surface area contributed by atoms with E-state index in [9.17, 15) is 9.59 Å². The standard InChI is InChI=1S/C17H23N3O4S2/c1-4-20(5-2)17(25)26-10-11-13(15(21)23-6-3)14(19-16(22)18-11)12-8-7-9-24-12/h7-9,14H,4-6,10H2,1-3H3,(H2,18,19,22)/t14-/m1/s1. The maximum atomic E-state index is 12.5. The molecule has 0 unspecified atom stereocenters. The average molecular weight is 398 g/mol. The van der Waals surface area contributed by atoms with Crippen LogP contribution < -0.4 is 10.6 Å². The highest BCUT2D eigenvalue weighted by Crippen LogP contribution is 2.29. The lowest BCUT2D eigenvalue weighted by atomic mass is 10.0. The number of rotatable bonds is 7. The van der Waals surface area contributed by atoms with Crippen LogP contribution in [0.4, 0.5) is 4.79 Å². The van der Waals surface area contributed by atoms with Gasteiger partial charge in [-0.05, 0) is 32.9 Å². The number of esters is 1. The van der Waals surface area contributed by atoms with E-state index >= 15 is 0 Å². The molecule has 0 radical (unpaired) electrons. The Morgan fingerprint density at radius 3 is 2.69 bits per heavy atom. The summed E-state index contributed by atoms with van der Waals surface area (Å²) in [4.78, 5) is 26.7. The van der Waals surface area contributed by atoms with E-state index in [2.05, 4.69) is 10.6 Å². The van der Waals surface area contributed by atoms with Crippen LogP contribution in [0.15, 0.2) is 34.1 Å². The molecule has 1 aromatic heterocycles. The first-order chi connectivity index (χ1) is 12.5. The summed E-state index contributed by atoms with van der Waals surface area (Å²) < 4.78 is 11.3. The smallest absolute Gasteiger partial charge is 0.338 e. The number of urea groups is 1. The highest BCUT2D eigenvalue weighted by atomic mass is 32.2. The molecule has 0 aromatic carbocycles. The second-order valence-corrected chi connectivity index (χ2v) is 7.00. The van der Waals surface area contributed by atoms with E-state index in [1.165, 1.54) is 18.0 Å². The Balaban J connectivity index is 2.31. The van der Waals surface area contributed by atoms with E-state index < -0.39 is 18.0 Å². The van der Waals surface area contributed by atoms with Crippen LogP contribution in [0.5, 0.6) is 0 Å². The minimum atomic E-state index is -0.699. The topological polar surface area (TPSA) is 83.8 Å². The van der Waals surface area contributed by atoms with E-state index in [4.69, 9.17) is 21.4 Å². The molecule has 7 nitrogen and oxygen atoms in total. The Morgan fingerprint density at radius 1 is 1.38 bits per heavy atom. The Hall–Kier alpha value is -2.00. The van der Waals surface area contributed by atoms with Crippen LogP contribution >= 0.6 is 24.0 Å². The molecule has 0 saturated heterocycles. The fourth-order valence-electron chi connectivity index (χ4n) is 2.56. The van der Waals surface area contributed by atoms with Crippen molar-refractivity contribution >= 4 is 40.3 Å². The molecule has 26 heavy (non-hydrogen) atoms. The van der Waals surface area contributed by atoms with Gasteiger partial charge in [-0.1, -0.05) is 24.0 Å². The number of furan rings is 1. The van der Waals surface area contributed by atoms with E-state index in [1.54, 1.807) is 19.1 Å². The molecule has 0 aliphatic carbocycles. The zero-order valence-corrected chi connectivity index (χ0v) is 16.7. The predicted octanol–water partition coefficient (Wildman–Crippen LogP) is 2.81. The van der Waals surface area contributed by atoms with Crippen molar-refractivity contribution in [2.45, 2.75) is 26.8 Å². The number of hydrogen-bond donors (Lipinski definition) is 2. The fourth-order valence-corrected chi connectivity index (χ4v) is 3.93. The van der Waals surface area contributed by atoms with E-state index in [1.807, 2.05) is 18.7 Å². The average Bonchev–Trinajstić information content (AvgIpc) is 3.15. The largest absolute Gasteiger partial charge is 0.467 e. The second-order valence-electron chi connectivity index (χ2n) is 5.39. The normalized spacial score (nSPS) is 16.7. The van der Waals surface area contributed by atoms with Gasteiger partial charge in [-0.25, -0.2) is 9.59 Å². The number of thioether (sulfide) groups is 1. The van der Waals surface area contributed by atoms with Gasteiger partial charge in [0.25, 0.3) is 0 Å². The van der Waals surface area contributed by atoms with Gasteiger partial charge < -0.3 is 24.7 Å². The molecule has 0 fully saturated rings. The Kier molecular flexibility index (Phi) is 7.52. The summed E-state index contributed by atoms with van der Waals surface area (Å²) in [6, 6.07) is 2.32. The first-order valence-corrected chi connectivity index (χ1v) is 9.83. The number of carbonyl (C=O) groups is 2. The molecule has 0 bridgehead atoms. The molecule has 2 rings (SSSR count). The highest BCUT2D eigenvalue weighted by molar-refractivity contribution is 8.23. The third kappa shape index (κ3) is 4.79. The Morgan fingerprint density at radius 2 is 2.12 bits per heavy atom. The number of amides is 2. The number of nitrogens with one attached hydrogen (secondary N) is 2. The molecule has 0 saturated carbocycles. The molecular weight excluding hydrogens is 374 g/mol. The monoisotopic (exact) mass is 397 g/mol. The number of carbonyl (C=O) groups excluding carboxylic acids is 2. The third-order valence-corrected chi connectivity index (χ3v) is 5.39. The van der Waals surface area contributed by atoms with Gasteiger partial charge in [-0.3, -0.25) is 0 Å². The van der Waals surface area contributed by atoms with Crippen LogP contribution in [-0.2, 0) is 9.53 Å².